The van der Waals surface area contributed by atoms with Crippen molar-refractivity contribution in [1.82, 2.24) is 15.6 Å². The largest absolute Gasteiger partial charge is 0.439 e. The predicted molar refractivity (Wildman–Crippen MR) is 117 cm³/mol. The summed E-state index contributed by atoms with van der Waals surface area (Å²) in [5, 5.41) is 6.69. The minimum atomic E-state index is 0. The molecule has 0 spiro atoms. The summed E-state index contributed by atoms with van der Waals surface area (Å²) in [7, 11) is 1.79. The van der Waals surface area contributed by atoms with Crippen LogP contribution in [0.2, 0.25) is 0 Å². The quantitative estimate of drug-likeness (QED) is 0.381. The van der Waals surface area contributed by atoms with Crippen molar-refractivity contribution in [2.75, 3.05) is 13.6 Å². The number of aryl methyl sites for hydroxylation is 2. The van der Waals surface area contributed by atoms with Gasteiger partial charge >= 0.3 is 0 Å². The van der Waals surface area contributed by atoms with Gasteiger partial charge in [0.2, 0.25) is 5.88 Å². The van der Waals surface area contributed by atoms with Crippen LogP contribution in [0.4, 0.5) is 0 Å². The summed E-state index contributed by atoms with van der Waals surface area (Å²) in [6.07, 6.45) is 4.43. The van der Waals surface area contributed by atoms with Gasteiger partial charge in [-0.1, -0.05) is 6.07 Å². The summed E-state index contributed by atoms with van der Waals surface area (Å²) in [5.74, 6) is 3.06. The zero-order valence-electron chi connectivity index (χ0n) is 15.6. The maximum absolute atomic E-state index is 5.89. The normalized spacial score (nSPS) is 13.7. The molecule has 0 atom stereocenters. The fourth-order valence-corrected chi connectivity index (χ4v) is 2.48. The molecule has 2 aromatic rings. The second kappa shape index (κ2) is 9.75. The lowest BCUT2D eigenvalue weighted by Crippen LogP contribution is -2.37. The second-order valence-corrected chi connectivity index (χ2v) is 6.60. The first kappa shape index (κ1) is 20.5. The minimum Gasteiger partial charge on any atom is -0.439 e. The summed E-state index contributed by atoms with van der Waals surface area (Å²) in [5.41, 5.74) is 3.56. The van der Waals surface area contributed by atoms with Crippen molar-refractivity contribution >= 4 is 29.9 Å². The highest BCUT2D eigenvalue weighted by atomic mass is 127. The molecule has 1 aliphatic carbocycles. The van der Waals surface area contributed by atoms with E-state index in [0.717, 1.165) is 29.7 Å². The molecule has 1 fully saturated rings. The number of nitrogens with one attached hydrogen (secondary N) is 2. The molecule has 1 heterocycles. The average Bonchev–Trinajstić information content (AvgIpc) is 3.43. The molecular weight excluding hydrogens is 439 g/mol. The van der Waals surface area contributed by atoms with Gasteiger partial charge in [0.1, 0.15) is 5.75 Å². The molecule has 3 rings (SSSR count). The van der Waals surface area contributed by atoms with Gasteiger partial charge in [0.25, 0.3) is 0 Å². The molecule has 0 saturated heterocycles. The standard InChI is InChI=1S/C20H26N4O.HI/c1-14-4-7-18(10-15(14)2)25-19-11-17(8-9-22-19)13-24-20(21-3)23-12-16-5-6-16;/h4,7-11,16H,5-6,12-13H2,1-3H3,(H2,21,23,24);1H. The van der Waals surface area contributed by atoms with E-state index in [1.807, 2.05) is 24.3 Å². The first-order valence-electron chi connectivity index (χ1n) is 8.78. The highest BCUT2D eigenvalue weighted by Gasteiger charge is 2.20. The highest BCUT2D eigenvalue weighted by molar-refractivity contribution is 14.0. The smallest absolute Gasteiger partial charge is 0.219 e. The summed E-state index contributed by atoms with van der Waals surface area (Å²) in [4.78, 5) is 8.56. The minimum absolute atomic E-state index is 0. The van der Waals surface area contributed by atoms with Crippen LogP contribution in [0.5, 0.6) is 11.6 Å². The van der Waals surface area contributed by atoms with Crippen LogP contribution in [-0.4, -0.2) is 24.5 Å². The molecule has 26 heavy (non-hydrogen) atoms. The Labute approximate surface area is 172 Å². The van der Waals surface area contributed by atoms with Gasteiger partial charge in [0.05, 0.1) is 0 Å². The zero-order chi connectivity index (χ0) is 17.6. The van der Waals surface area contributed by atoms with E-state index in [4.69, 9.17) is 4.74 Å². The summed E-state index contributed by atoms with van der Waals surface area (Å²) < 4.78 is 5.89. The van der Waals surface area contributed by atoms with E-state index < -0.39 is 0 Å². The Bertz CT molecular complexity index is 759. The van der Waals surface area contributed by atoms with E-state index in [0.29, 0.717) is 12.4 Å². The SMILES string of the molecule is CN=C(NCc1ccnc(Oc2ccc(C)c(C)c2)c1)NCC1CC1.I. The van der Waals surface area contributed by atoms with Crippen molar-refractivity contribution in [2.45, 2.75) is 33.2 Å². The summed E-state index contributed by atoms with van der Waals surface area (Å²) >= 11 is 0. The first-order valence-corrected chi connectivity index (χ1v) is 8.78. The molecule has 5 nitrogen and oxygen atoms in total. The van der Waals surface area contributed by atoms with Gasteiger partial charge in [-0.25, -0.2) is 4.98 Å². The van der Waals surface area contributed by atoms with Crippen LogP contribution in [0, 0.1) is 19.8 Å². The number of halogens is 1. The van der Waals surface area contributed by atoms with Gasteiger partial charge < -0.3 is 15.4 Å². The Kier molecular flexibility index (Phi) is 7.68. The van der Waals surface area contributed by atoms with Crippen LogP contribution in [0.15, 0.2) is 41.5 Å². The van der Waals surface area contributed by atoms with Crippen LogP contribution in [0.1, 0.15) is 29.5 Å². The third-order valence-electron chi connectivity index (χ3n) is 4.44. The maximum atomic E-state index is 5.89. The molecular formula is C20H27IN4O. The van der Waals surface area contributed by atoms with Gasteiger partial charge in [-0.05, 0) is 67.5 Å². The lowest BCUT2D eigenvalue weighted by atomic mass is 10.1. The second-order valence-electron chi connectivity index (χ2n) is 6.60. The van der Waals surface area contributed by atoms with Gasteiger partial charge in [-0.3, -0.25) is 4.99 Å². The van der Waals surface area contributed by atoms with Crippen molar-refractivity contribution in [2.24, 2.45) is 10.9 Å². The number of aromatic nitrogens is 1. The molecule has 0 amide bonds. The van der Waals surface area contributed by atoms with E-state index in [1.54, 1.807) is 13.2 Å². The molecule has 0 aliphatic heterocycles. The number of benzene rings is 1. The molecule has 6 heteroatoms. The van der Waals surface area contributed by atoms with Crippen molar-refractivity contribution in [3.63, 3.8) is 0 Å². The Morgan fingerprint density at radius 1 is 1.15 bits per heavy atom. The van der Waals surface area contributed by atoms with Crippen LogP contribution in [0.25, 0.3) is 0 Å². The third-order valence-corrected chi connectivity index (χ3v) is 4.44. The number of nitrogens with zero attached hydrogens (tertiary/aromatic N) is 2. The molecule has 0 unspecified atom stereocenters. The lowest BCUT2D eigenvalue weighted by molar-refractivity contribution is 0.461. The van der Waals surface area contributed by atoms with E-state index in [-0.39, 0.29) is 24.0 Å². The van der Waals surface area contributed by atoms with E-state index >= 15 is 0 Å². The molecule has 1 aromatic carbocycles. The summed E-state index contributed by atoms with van der Waals surface area (Å²) in [6, 6.07) is 10.0. The number of guanidine groups is 1. The molecule has 1 saturated carbocycles. The Morgan fingerprint density at radius 2 is 1.96 bits per heavy atom. The van der Waals surface area contributed by atoms with Crippen molar-refractivity contribution in [3.05, 3.63) is 53.2 Å². The molecule has 0 radical (unpaired) electrons. The number of aliphatic imine (C=N–C) groups is 1. The number of ether oxygens (including phenoxy) is 1. The van der Waals surface area contributed by atoms with Gasteiger partial charge in [0.15, 0.2) is 5.96 Å². The summed E-state index contributed by atoms with van der Waals surface area (Å²) in [6.45, 7) is 5.84. The number of rotatable bonds is 6. The maximum Gasteiger partial charge on any atom is 0.219 e. The molecule has 140 valence electrons. The topological polar surface area (TPSA) is 58.5 Å². The average molecular weight is 466 g/mol. The highest BCUT2D eigenvalue weighted by Crippen LogP contribution is 2.27. The molecule has 2 N–H and O–H groups in total. The van der Waals surface area contributed by atoms with Crippen molar-refractivity contribution < 1.29 is 4.74 Å². The van der Waals surface area contributed by atoms with Gasteiger partial charge in [0, 0.05) is 32.4 Å². The van der Waals surface area contributed by atoms with Gasteiger partial charge in [-0.15, -0.1) is 24.0 Å². The Hall–Kier alpha value is -1.83. The zero-order valence-corrected chi connectivity index (χ0v) is 17.9. The predicted octanol–water partition coefficient (Wildman–Crippen LogP) is 4.18. The van der Waals surface area contributed by atoms with Gasteiger partial charge in [-0.2, -0.15) is 0 Å². The number of hydrogen-bond donors (Lipinski definition) is 2. The van der Waals surface area contributed by atoms with Crippen molar-refractivity contribution in [3.8, 4) is 11.6 Å². The fourth-order valence-electron chi connectivity index (χ4n) is 2.48. The fraction of sp³-hybridized carbons (Fsp3) is 0.400. The number of hydrogen-bond acceptors (Lipinski definition) is 3. The monoisotopic (exact) mass is 466 g/mol. The first-order chi connectivity index (χ1) is 12.1. The van der Waals surface area contributed by atoms with E-state index in [1.165, 1.54) is 24.0 Å². The Balaban J connectivity index is 0.00000243. The lowest BCUT2D eigenvalue weighted by Gasteiger charge is -2.12. The molecule has 0 bridgehead atoms. The van der Waals surface area contributed by atoms with E-state index in [2.05, 4.69) is 40.5 Å². The number of pyridine rings is 1. The van der Waals surface area contributed by atoms with Crippen molar-refractivity contribution in [1.29, 1.82) is 0 Å². The Morgan fingerprint density at radius 3 is 2.65 bits per heavy atom. The third kappa shape index (κ3) is 6.16. The van der Waals surface area contributed by atoms with Crippen LogP contribution in [0.3, 0.4) is 0 Å². The van der Waals surface area contributed by atoms with Crippen LogP contribution < -0.4 is 15.4 Å². The molecule has 1 aromatic heterocycles. The molecule has 1 aliphatic rings. The van der Waals surface area contributed by atoms with Crippen LogP contribution >= 0.6 is 24.0 Å². The van der Waals surface area contributed by atoms with Crippen LogP contribution in [-0.2, 0) is 6.54 Å². The van der Waals surface area contributed by atoms with E-state index in [9.17, 15) is 0 Å².